The molecule has 11 heteroatoms. The average molecular weight is 519 g/mol. The molecule has 0 aliphatic heterocycles. The second-order valence-electron chi connectivity index (χ2n) is 7.23. The van der Waals surface area contributed by atoms with E-state index in [1.54, 1.807) is 31.2 Å². The maximum absolute atomic E-state index is 13.9. The minimum Gasteiger partial charge on any atom is -0.321 e. The Hall–Kier alpha value is -3.21. The van der Waals surface area contributed by atoms with Crippen molar-refractivity contribution in [2.45, 2.75) is 20.3 Å². The molecular weight excluding hydrogens is 502 g/mol. The van der Waals surface area contributed by atoms with Crippen molar-refractivity contribution in [1.29, 1.82) is 0 Å². The van der Waals surface area contributed by atoms with E-state index in [-0.39, 0.29) is 15.6 Å². The van der Waals surface area contributed by atoms with Gasteiger partial charge in [-0.25, -0.2) is 18.7 Å². The number of carbonyl (C=O) groups excluding carboxylic acids is 2. The topological polar surface area (TPSA) is 84.0 Å². The number of halogens is 3. The van der Waals surface area contributed by atoms with Crippen LogP contribution in [0.15, 0.2) is 42.5 Å². The largest absolute Gasteiger partial charge is 0.321 e. The summed E-state index contributed by atoms with van der Waals surface area (Å²) >= 11 is 8.24. The van der Waals surface area contributed by atoms with Crippen LogP contribution < -0.4 is 10.6 Å². The van der Waals surface area contributed by atoms with Gasteiger partial charge in [0.1, 0.15) is 22.2 Å². The summed E-state index contributed by atoms with van der Waals surface area (Å²) in [7, 11) is 0. The molecule has 4 rings (SSSR count). The van der Waals surface area contributed by atoms with Crippen LogP contribution in [0.25, 0.3) is 10.6 Å². The zero-order valence-electron chi connectivity index (χ0n) is 17.9. The molecular formula is C23H17ClF2N4O2S2. The van der Waals surface area contributed by atoms with Crippen molar-refractivity contribution in [2.75, 3.05) is 10.6 Å². The minimum atomic E-state index is -0.811. The Morgan fingerprint density at radius 3 is 2.26 bits per heavy atom. The van der Waals surface area contributed by atoms with Gasteiger partial charge in [0.2, 0.25) is 5.91 Å². The summed E-state index contributed by atoms with van der Waals surface area (Å²) in [6.45, 7) is 3.64. The lowest BCUT2D eigenvalue weighted by molar-refractivity contribution is -0.115. The molecule has 0 fully saturated rings. The maximum atomic E-state index is 13.9. The van der Waals surface area contributed by atoms with Gasteiger partial charge in [0, 0.05) is 16.3 Å². The number of aryl methyl sites for hydroxylation is 2. The number of nitrogens with zero attached hydrogens (tertiary/aromatic N) is 2. The van der Waals surface area contributed by atoms with Gasteiger partial charge in [-0.2, -0.15) is 0 Å². The van der Waals surface area contributed by atoms with E-state index in [0.29, 0.717) is 27.0 Å². The Morgan fingerprint density at radius 2 is 1.65 bits per heavy atom. The molecule has 0 atom stereocenters. The number of nitrogens with one attached hydrogen (secondary N) is 2. The van der Waals surface area contributed by atoms with Crippen LogP contribution in [-0.2, 0) is 11.2 Å². The van der Waals surface area contributed by atoms with Crippen molar-refractivity contribution in [3.05, 3.63) is 80.3 Å². The molecule has 2 amide bonds. The van der Waals surface area contributed by atoms with Gasteiger partial charge < -0.3 is 10.6 Å². The Morgan fingerprint density at radius 1 is 0.971 bits per heavy atom. The maximum Gasteiger partial charge on any atom is 0.268 e. The fourth-order valence-electron chi connectivity index (χ4n) is 3.18. The molecule has 0 aliphatic carbocycles. The van der Waals surface area contributed by atoms with Gasteiger partial charge in [-0.3, -0.25) is 9.59 Å². The van der Waals surface area contributed by atoms with Crippen LogP contribution in [0.4, 0.5) is 19.6 Å². The molecule has 34 heavy (non-hydrogen) atoms. The third kappa shape index (κ3) is 5.30. The first-order valence-corrected chi connectivity index (χ1v) is 12.0. The van der Waals surface area contributed by atoms with Crippen molar-refractivity contribution < 1.29 is 18.4 Å². The summed E-state index contributed by atoms with van der Waals surface area (Å²) in [5.41, 5.74) is 1.25. The summed E-state index contributed by atoms with van der Waals surface area (Å²) < 4.78 is 27.8. The highest BCUT2D eigenvalue weighted by atomic mass is 35.5. The summed E-state index contributed by atoms with van der Waals surface area (Å²) in [5.74, 6) is -2.71. The quantitative estimate of drug-likeness (QED) is 0.316. The highest BCUT2D eigenvalue weighted by molar-refractivity contribution is 7.19. The number of benzene rings is 2. The molecule has 0 aliphatic rings. The van der Waals surface area contributed by atoms with E-state index in [1.165, 1.54) is 17.4 Å². The second kappa shape index (κ2) is 9.96. The van der Waals surface area contributed by atoms with Crippen LogP contribution in [0.5, 0.6) is 0 Å². The van der Waals surface area contributed by atoms with Crippen molar-refractivity contribution >= 4 is 56.9 Å². The van der Waals surface area contributed by atoms with E-state index in [2.05, 4.69) is 20.6 Å². The number of hydrogen-bond acceptors (Lipinski definition) is 6. The van der Waals surface area contributed by atoms with Gasteiger partial charge in [0.25, 0.3) is 5.91 Å². The van der Waals surface area contributed by atoms with Gasteiger partial charge in [0.05, 0.1) is 22.0 Å². The number of thiazole rings is 2. The molecule has 2 heterocycles. The third-order valence-electron chi connectivity index (χ3n) is 4.70. The highest BCUT2D eigenvalue weighted by Gasteiger charge is 2.24. The molecule has 2 N–H and O–H groups in total. The van der Waals surface area contributed by atoms with Gasteiger partial charge in [0.15, 0.2) is 5.13 Å². The molecule has 6 nitrogen and oxygen atoms in total. The molecule has 0 saturated heterocycles. The van der Waals surface area contributed by atoms with Crippen LogP contribution in [0.2, 0.25) is 5.02 Å². The molecule has 0 spiro atoms. The smallest absolute Gasteiger partial charge is 0.268 e. The third-order valence-corrected chi connectivity index (χ3v) is 7.00. The van der Waals surface area contributed by atoms with E-state index in [0.717, 1.165) is 28.5 Å². The number of anilines is 2. The average Bonchev–Trinajstić information content (AvgIpc) is 3.34. The van der Waals surface area contributed by atoms with E-state index in [9.17, 15) is 18.4 Å². The Kier molecular flexibility index (Phi) is 7.01. The number of aromatic nitrogens is 2. The molecule has 2 aromatic heterocycles. The number of hydrogen-bond donors (Lipinski definition) is 2. The summed E-state index contributed by atoms with van der Waals surface area (Å²) in [4.78, 5) is 35.4. The Balaban J connectivity index is 1.63. The standard InChI is InChI=1S/C23H17ClF2N4O2S2/c1-11-20(33-12(2)27-11)19-21(22(32)28-14-8-6-13(24)7-9-14)34-23(30-19)29-18(31)10-15-16(25)4-3-5-17(15)26/h3-9H,10H2,1-2H3,(H,28,32)(H,29,30,31). The lowest BCUT2D eigenvalue weighted by atomic mass is 10.1. The highest BCUT2D eigenvalue weighted by Crippen LogP contribution is 2.37. The predicted molar refractivity (Wildman–Crippen MR) is 131 cm³/mol. The first-order chi connectivity index (χ1) is 16.2. The van der Waals surface area contributed by atoms with Crippen molar-refractivity contribution in [1.82, 2.24) is 9.97 Å². The lowest BCUT2D eigenvalue weighted by Crippen LogP contribution is -2.16. The number of amides is 2. The van der Waals surface area contributed by atoms with Crippen molar-refractivity contribution in [3.63, 3.8) is 0 Å². The second-order valence-corrected chi connectivity index (χ2v) is 9.87. The molecule has 0 radical (unpaired) electrons. The van der Waals surface area contributed by atoms with Gasteiger partial charge in [-0.05, 0) is 50.2 Å². The van der Waals surface area contributed by atoms with E-state index < -0.39 is 29.9 Å². The molecule has 4 aromatic rings. The van der Waals surface area contributed by atoms with Crippen LogP contribution in [0.1, 0.15) is 25.9 Å². The summed E-state index contributed by atoms with van der Waals surface area (Å²) in [6, 6.07) is 10.0. The predicted octanol–water partition coefficient (Wildman–Crippen LogP) is 6.25. The molecule has 0 unspecified atom stereocenters. The van der Waals surface area contributed by atoms with Crippen LogP contribution in [0.3, 0.4) is 0 Å². The SMILES string of the molecule is Cc1nc(C)c(-c2nc(NC(=O)Cc3c(F)cccc3F)sc2C(=O)Nc2ccc(Cl)cc2)s1. The molecule has 0 bridgehead atoms. The first-order valence-electron chi connectivity index (χ1n) is 9.96. The van der Waals surface area contributed by atoms with Gasteiger partial charge in [-0.15, -0.1) is 11.3 Å². The molecule has 2 aromatic carbocycles. The van der Waals surface area contributed by atoms with E-state index in [1.807, 2.05) is 6.92 Å². The van der Waals surface area contributed by atoms with E-state index >= 15 is 0 Å². The van der Waals surface area contributed by atoms with Crippen molar-refractivity contribution in [3.8, 4) is 10.6 Å². The Bertz CT molecular complexity index is 1370. The zero-order valence-corrected chi connectivity index (χ0v) is 20.3. The minimum absolute atomic E-state index is 0.128. The van der Waals surface area contributed by atoms with E-state index in [4.69, 9.17) is 11.6 Å². The van der Waals surface area contributed by atoms with Gasteiger partial charge in [-0.1, -0.05) is 29.0 Å². The van der Waals surface area contributed by atoms with Gasteiger partial charge >= 0.3 is 0 Å². The van der Waals surface area contributed by atoms with Crippen LogP contribution >= 0.6 is 34.3 Å². The summed E-state index contributed by atoms with van der Waals surface area (Å²) in [6.07, 6.45) is -0.515. The fourth-order valence-corrected chi connectivity index (χ4v) is 5.17. The van der Waals surface area contributed by atoms with Crippen LogP contribution in [-0.4, -0.2) is 21.8 Å². The fraction of sp³-hybridized carbons (Fsp3) is 0.130. The lowest BCUT2D eigenvalue weighted by Gasteiger charge is -2.05. The zero-order chi connectivity index (χ0) is 24.4. The molecule has 174 valence electrons. The number of rotatable bonds is 6. The first kappa shape index (κ1) is 23.9. The normalized spacial score (nSPS) is 10.9. The van der Waals surface area contributed by atoms with Crippen LogP contribution in [0, 0.1) is 25.5 Å². The van der Waals surface area contributed by atoms with Crippen molar-refractivity contribution in [2.24, 2.45) is 0 Å². The number of carbonyl (C=O) groups is 2. The monoisotopic (exact) mass is 518 g/mol. The Labute approximate surface area is 206 Å². The molecule has 0 saturated carbocycles. The summed E-state index contributed by atoms with van der Waals surface area (Å²) in [5, 5.41) is 6.79.